The summed E-state index contributed by atoms with van der Waals surface area (Å²) in [5, 5.41) is 0. The Kier molecular flexibility index (Phi) is 4.10. The van der Waals surface area contributed by atoms with Gasteiger partial charge >= 0.3 is 0 Å². The molecule has 4 nitrogen and oxygen atoms in total. The molecule has 0 spiro atoms. The van der Waals surface area contributed by atoms with Gasteiger partial charge in [-0.3, -0.25) is 9.88 Å². The molecule has 2 rings (SSSR count). The molecule has 1 aliphatic heterocycles. The Labute approximate surface area is 103 Å². The van der Waals surface area contributed by atoms with Gasteiger partial charge < -0.3 is 10.5 Å². The average molecular weight is 235 g/mol. The lowest BCUT2D eigenvalue weighted by atomic mass is 10.2. The van der Waals surface area contributed by atoms with E-state index in [4.69, 9.17) is 10.5 Å². The number of nitrogens with zero attached hydrogens (tertiary/aromatic N) is 2. The SMILES string of the molecule is C[C@@H]1CN(Cc2cccc(CN)n2)C[C@H](C)O1. The Morgan fingerprint density at radius 2 is 1.94 bits per heavy atom. The zero-order valence-corrected chi connectivity index (χ0v) is 10.6. The molecule has 2 atom stereocenters. The first kappa shape index (κ1) is 12.5. The smallest absolute Gasteiger partial charge is 0.0678 e. The van der Waals surface area contributed by atoms with Gasteiger partial charge in [0.25, 0.3) is 0 Å². The van der Waals surface area contributed by atoms with Crippen LogP contribution in [0.15, 0.2) is 18.2 Å². The summed E-state index contributed by atoms with van der Waals surface area (Å²) < 4.78 is 5.72. The summed E-state index contributed by atoms with van der Waals surface area (Å²) in [5.41, 5.74) is 7.65. The number of pyridine rings is 1. The first-order valence-electron chi connectivity index (χ1n) is 6.20. The fourth-order valence-corrected chi connectivity index (χ4v) is 2.37. The molecule has 0 unspecified atom stereocenters. The molecule has 94 valence electrons. The van der Waals surface area contributed by atoms with E-state index in [9.17, 15) is 0 Å². The molecule has 1 saturated heterocycles. The Balaban J connectivity index is 1.99. The highest BCUT2D eigenvalue weighted by Crippen LogP contribution is 2.13. The predicted octanol–water partition coefficient (Wildman–Crippen LogP) is 1.15. The normalized spacial score (nSPS) is 26.1. The molecule has 2 heterocycles. The number of aromatic nitrogens is 1. The summed E-state index contributed by atoms with van der Waals surface area (Å²) in [7, 11) is 0. The van der Waals surface area contributed by atoms with Crippen LogP contribution in [0.3, 0.4) is 0 Å². The van der Waals surface area contributed by atoms with Crippen molar-refractivity contribution in [3.05, 3.63) is 29.6 Å². The summed E-state index contributed by atoms with van der Waals surface area (Å²) in [4.78, 5) is 6.92. The third-order valence-corrected chi connectivity index (χ3v) is 2.95. The van der Waals surface area contributed by atoms with Gasteiger partial charge in [0.1, 0.15) is 0 Å². The number of hydrogen-bond acceptors (Lipinski definition) is 4. The van der Waals surface area contributed by atoms with Crippen LogP contribution in [0.5, 0.6) is 0 Å². The highest BCUT2D eigenvalue weighted by Gasteiger charge is 2.22. The molecular formula is C13H21N3O. The maximum Gasteiger partial charge on any atom is 0.0678 e. The van der Waals surface area contributed by atoms with E-state index >= 15 is 0 Å². The van der Waals surface area contributed by atoms with Crippen molar-refractivity contribution in [2.45, 2.75) is 39.1 Å². The summed E-state index contributed by atoms with van der Waals surface area (Å²) in [5.74, 6) is 0. The van der Waals surface area contributed by atoms with E-state index in [0.29, 0.717) is 18.8 Å². The van der Waals surface area contributed by atoms with Gasteiger partial charge in [-0.25, -0.2) is 0 Å². The van der Waals surface area contributed by atoms with Gasteiger partial charge in [0.15, 0.2) is 0 Å². The van der Waals surface area contributed by atoms with E-state index in [1.165, 1.54) is 0 Å². The number of ether oxygens (including phenoxy) is 1. The molecular weight excluding hydrogens is 214 g/mol. The minimum absolute atomic E-state index is 0.302. The number of hydrogen-bond donors (Lipinski definition) is 1. The van der Waals surface area contributed by atoms with E-state index in [0.717, 1.165) is 31.0 Å². The van der Waals surface area contributed by atoms with Crippen molar-refractivity contribution in [2.75, 3.05) is 13.1 Å². The van der Waals surface area contributed by atoms with Crippen LogP contribution >= 0.6 is 0 Å². The lowest BCUT2D eigenvalue weighted by Gasteiger charge is -2.35. The van der Waals surface area contributed by atoms with Crippen LogP contribution < -0.4 is 5.73 Å². The Hall–Kier alpha value is -0.970. The first-order chi connectivity index (χ1) is 8.17. The van der Waals surface area contributed by atoms with E-state index < -0.39 is 0 Å². The molecule has 1 aromatic rings. The van der Waals surface area contributed by atoms with Crippen LogP contribution in [0.2, 0.25) is 0 Å². The van der Waals surface area contributed by atoms with Gasteiger partial charge in [0.2, 0.25) is 0 Å². The minimum Gasteiger partial charge on any atom is -0.373 e. The average Bonchev–Trinajstić information content (AvgIpc) is 2.28. The second-order valence-electron chi connectivity index (χ2n) is 4.78. The fourth-order valence-electron chi connectivity index (χ4n) is 2.37. The van der Waals surface area contributed by atoms with Crippen molar-refractivity contribution >= 4 is 0 Å². The minimum atomic E-state index is 0.302. The molecule has 0 bridgehead atoms. The molecule has 1 fully saturated rings. The molecule has 0 aromatic carbocycles. The second-order valence-corrected chi connectivity index (χ2v) is 4.78. The van der Waals surface area contributed by atoms with Crippen molar-refractivity contribution in [1.82, 2.24) is 9.88 Å². The van der Waals surface area contributed by atoms with Crippen molar-refractivity contribution in [3.63, 3.8) is 0 Å². The summed E-state index contributed by atoms with van der Waals surface area (Å²) in [6.45, 7) is 7.56. The Bertz CT molecular complexity index is 359. The summed E-state index contributed by atoms with van der Waals surface area (Å²) >= 11 is 0. The number of morpholine rings is 1. The van der Waals surface area contributed by atoms with Gasteiger partial charge in [-0.2, -0.15) is 0 Å². The van der Waals surface area contributed by atoms with Gasteiger partial charge in [0, 0.05) is 26.2 Å². The molecule has 0 radical (unpaired) electrons. The number of nitrogens with two attached hydrogens (primary N) is 1. The van der Waals surface area contributed by atoms with Gasteiger partial charge in [0.05, 0.1) is 23.6 Å². The highest BCUT2D eigenvalue weighted by atomic mass is 16.5. The van der Waals surface area contributed by atoms with Crippen molar-refractivity contribution in [2.24, 2.45) is 5.73 Å². The largest absolute Gasteiger partial charge is 0.373 e. The molecule has 1 aromatic heterocycles. The molecule has 17 heavy (non-hydrogen) atoms. The van der Waals surface area contributed by atoms with Crippen molar-refractivity contribution < 1.29 is 4.74 Å². The quantitative estimate of drug-likeness (QED) is 0.854. The second kappa shape index (κ2) is 5.58. The lowest BCUT2D eigenvalue weighted by Crippen LogP contribution is -2.44. The fraction of sp³-hybridized carbons (Fsp3) is 0.615. The van der Waals surface area contributed by atoms with Crippen LogP contribution in [-0.2, 0) is 17.8 Å². The van der Waals surface area contributed by atoms with Crippen LogP contribution in [0.1, 0.15) is 25.2 Å². The van der Waals surface area contributed by atoms with E-state index in [1.54, 1.807) is 0 Å². The van der Waals surface area contributed by atoms with E-state index in [1.807, 2.05) is 12.1 Å². The zero-order valence-electron chi connectivity index (χ0n) is 10.6. The summed E-state index contributed by atoms with van der Waals surface area (Å²) in [6.07, 6.45) is 0.605. The Morgan fingerprint density at radius 3 is 2.59 bits per heavy atom. The molecule has 0 aliphatic carbocycles. The third kappa shape index (κ3) is 3.49. The number of rotatable bonds is 3. The lowest BCUT2D eigenvalue weighted by molar-refractivity contribution is -0.0707. The molecule has 1 aliphatic rings. The Morgan fingerprint density at radius 1 is 1.29 bits per heavy atom. The standard InChI is InChI=1S/C13H21N3O/c1-10-7-16(8-11(2)17-10)9-13-5-3-4-12(6-14)15-13/h3-5,10-11H,6-9,14H2,1-2H3/t10-,11+. The van der Waals surface area contributed by atoms with Gasteiger partial charge in [-0.15, -0.1) is 0 Å². The van der Waals surface area contributed by atoms with Crippen LogP contribution in [0, 0.1) is 0 Å². The monoisotopic (exact) mass is 235 g/mol. The zero-order chi connectivity index (χ0) is 12.3. The molecule has 4 heteroatoms. The third-order valence-electron chi connectivity index (χ3n) is 2.95. The summed E-state index contributed by atoms with van der Waals surface area (Å²) in [6, 6.07) is 6.05. The van der Waals surface area contributed by atoms with E-state index in [-0.39, 0.29) is 0 Å². The maximum absolute atomic E-state index is 5.72. The molecule has 0 amide bonds. The maximum atomic E-state index is 5.72. The van der Waals surface area contributed by atoms with Gasteiger partial charge in [-0.1, -0.05) is 6.07 Å². The topological polar surface area (TPSA) is 51.4 Å². The van der Waals surface area contributed by atoms with Crippen LogP contribution in [-0.4, -0.2) is 35.2 Å². The predicted molar refractivity (Wildman–Crippen MR) is 67.4 cm³/mol. The molecule has 2 N–H and O–H groups in total. The van der Waals surface area contributed by atoms with Crippen molar-refractivity contribution in [1.29, 1.82) is 0 Å². The van der Waals surface area contributed by atoms with E-state index in [2.05, 4.69) is 29.8 Å². The van der Waals surface area contributed by atoms with Crippen molar-refractivity contribution in [3.8, 4) is 0 Å². The molecule has 0 saturated carbocycles. The first-order valence-corrected chi connectivity index (χ1v) is 6.20. The van der Waals surface area contributed by atoms with Crippen LogP contribution in [0.25, 0.3) is 0 Å². The van der Waals surface area contributed by atoms with Gasteiger partial charge in [-0.05, 0) is 26.0 Å². The highest BCUT2D eigenvalue weighted by molar-refractivity contribution is 5.11. The van der Waals surface area contributed by atoms with Crippen LogP contribution in [0.4, 0.5) is 0 Å².